The van der Waals surface area contributed by atoms with Crippen LogP contribution in [0.5, 0.6) is 0 Å². The summed E-state index contributed by atoms with van der Waals surface area (Å²) in [7, 11) is 4.19. The summed E-state index contributed by atoms with van der Waals surface area (Å²) in [5.41, 5.74) is 5.37. The maximum Gasteiger partial charge on any atom is 0.0594 e. The number of rotatable bonds is 3. The molecule has 1 fully saturated rings. The number of hydrogen-bond donors (Lipinski definition) is 1. The van der Waals surface area contributed by atoms with Crippen LogP contribution in [0.15, 0.2) is 0 Å². The SMILES string of the molecule is CC(C)CN(C)C.NCN1CCOCC1. The minimum absolute atomic E-state index is 0.670. The second-order valence-corrected chi connectivity index (χ2v) is 4.57. The summed E-state index contributed by atoms with van der Waals surface area (Å²) < 4.78 is 5.10. The first kappa shape index (κ1) is 14.8. The summed E-state index contributed by atoms with van der Waals surface area (Å²) in [5, 5.41) is 0. The van der Waals surface area contributed by atoms with Gasteiger partial charge in [0.25, 0.3) is 0 Å². The lowest BCUT2D eigenvalue weighted by molar-refractivity contribution is 0.0391. The van der Waals surface area contributed by atoms with Crippen molar-refractivity contribution in [3.8, 4) is 0 Å². The molecule has 15 heavy (non-hydrogen) atoms. The van der Waals surface area contributed by atoms with E-state index in [0.29, 0.717) is 6.67 Å². The van der Waals surface area contributed by atoms with E-state index < -0.39 is 0 Å². The van der Waals surface area contributed by atoms with Crippen LogP contribution in [0.1, 0.15) is 13.8 Å². The van der Waals surface area contributed by atoms with Gasteiger partial charge in [0.05, 0.1) is 13.2 Å². The van der Waals surface area contributed by atoms with Crippen LogP contribution in [0, 0.1) is 5.92 Å². The highest BCUT2D eigenvalue weighted by molar-refractivity contribution is 4.57. The van der Waals surface area contributed by atoms with Crippen LogP contribution in [0.25, 0.3) is 0 Å². The van der Waals surface area contributed by atoms with Gasteiger partial charge in [-0.15, -0.1) is 0 Å². The number of nitrogens with zero attached hydrogens (tertiary/aromatic N) is 2. The normalized spacial score (nSPS) is 17.8. The summed E-state index contributed by atoms with van der Waals surface area (Å²) >= 11 is 0. The zero-order valence-electron chi connectivity index (χ0n) is 10.7. The van der Waals surface area contributed by atoms with E-state index in [-0.39, 0.29) is 0 Å². The maximum absolute atomic E-state index is 5.37. The van der Waals surface area contributed by atoms with Crippen molar-refractivity contribution in [2.75, 3.05) is 53.6 Å². The standard InChI is InChI=1S/C6H15N.C5H12N2O/c1-6(2)5-7(3)4;6-5-7-1-3-8-4-2-7/h6H,5H2,1-4H3;1-6H2. The van der Waals surface area contributed by atoms with Crippen LogP contribution in [-0.2, 0) is 4.74 Å². The fraction of sp³-hybridized carbons (Fsp3) is 1.00. The molecule has 0 atom stereocenters. The molecular weight excluding hydrogens is 190 g/mol. The van der Waals surface area contributed by atoms with Crippen LogP contribution in [0.3, 0.4) is 0 Å². The summed E-state index contributed by atoms with van der Waals surface area (Å²) in [6.07, 6.45) is 0. The van der Waals surface area contributed by atoms with Crippen molar-refractivity contribution in [3.05, 3.63) is 0 Å². The Kier molecular flexibility index (Phi) is 9.00. The lowest BCUT2D eigenvalue weighted by Gasteiger charge is -2.24. The molecule has 0 unspecified atom stereocenters. The number of hydrogen-bond acceptors (Lipinski definition) is 4. The first-order chi connectivity index (χ1) is 7.06. The molecule has 0 aromatic rings. The third-order valence-electron chi connectivity index (χ3n) is 2.09. The van der Waals surface area contributed by atoms with Gasteiger partial charge in [0.15, 0.2) is 0 Å². The Bertz CT molecular complexity index is 128. The van der Waals surface area contributed by atoms with Gasteiger partial charge in [-0.05, 0) is 26.6 Å². The summed E-state index contributed by atoms with van der Waals surface area (Å²) in [5.74, 6) is 0.801. The molecule has 1 heterocycles. The molecule has 4 nitrogen and oxygen atoms in total. The van der Waals surface area contributed by atoms with Gasteiger partial charge in [0.1, 0.15) is 0 Å². The van der Waals surface area contributed by atoms with E-state index >= 15 is 0 Å². The van der Waals surface area contributed by atoms with Crippen molar-refractivity contribution in [1.29, 1.82) is 0 Å². The van der Waals surface area contributed by atoms with Crippen LogP contribution >= 0.6 is 0 Å². The topological polar surface area (TPSA) is 41.7 Å². The largest absolute Gasteiger partial charge is 0.379 e. The molecule has 0 amide bonds. The minimum Gasteiger partial charge on any atom is -0.379 e. The fourth-order valence-corrected chi connectivity index (χ4v) is 1.51. The lowest BCUT2D eigenvalue weighted by atomic mass is 10.2. The summed E-state index contributed by atoms with van der Waals surface area (Å²) in [4.78, 5) is 4.37. The second kappa shape index (κ2) is 9.09. The highest BCUT2D eigenvalue weighted by Gasteiger charge is 2.06. The van der Waals surface area contributed by atoms with Crippen molar-refractivity contribution in [1.82, 2.24) is 9.80 Å². The lowest BCUT2D eigenvalue weighted by Crippen LogP contribution is -2.39. The Morgan fingerprint density at radius 3 is 2.00 bits per heavy atom. The third-order valence-corrected chi connectivity index (χ3v) is 2.09. The molecular formula is C11H27N3O. The van der Waals surface area contributed by atoms with Gasteiger partial charge in [-0.25, -0.2) is 0 Å². The van der Waals surface area contributed by atoms with Gasteiger partial charge in [0, 0.05) is 19.8 Å². The van der Waals surface area contributed by atoms with Gasteiger partial charge < -0.3 is 15.4 Å². The third kappa shape index (κ3) is 10.1. The van der Waals surface area contributed by atoms with Crippen molar-refractivity contribution < 1.29 is 4.74 Å². The van der Waals surface area contributed by atoms with E-state index in [1.54, 1.807) is 0 Å². The molecule has 1 saturated heterocycles. The molecule has 0 bridgehead atoms. The highest BCUT2D eigenvalue weighted by atomic mass is 16.5. The van der Waals surface area contributed by atoms with Gasteiger partial charge >= 0.3 is 0 Å². The smallest absolute Gasteiger partial charge is 0.0594 e. The quantitative estimate of drug-likeness (QED) is 0.745. The van der Waals surface area contributed by atoms with E-state index in [1.165, 1.54) is 6.54 Å². The predicted octanol–water partition coefficient (Wildman–Crippen LogP) is 0.439. The van der Waals surface area contributed by atoms with Crippen LogP contribution in [0.2, 0.25) is 0 Å². The molecule has 0 aromatic carbocycles. The maximum atomic E-state index is 5.37. The van der Waals surface area contributed by atoms with E-state index in [0.717, 1.165) is 32.2 Å². The number of nitrogens with two attached hydrogens (primary N) is 1. The van der Waals surface area contributed by atoms with E-state index in [4.69, 9.17) is 10.5 Å². The van der Waals surface area contributed by atoms with Gasteiger partial charge in [-0.3, -0.25) is 4.90 Å². The molecule has 1 rings (SSSR count). The van der Waals surface area contributed by atoms with Crippen molar-refractivity contribution in [3.63, 3.8) is 0 Å². The van der Waals surface area contributed by atoms with Crippen LogP contribution < -0.4 is 5.73 Å². The molecule has 0 aromatic heterocycles. The Morgan fingerprint density at radius 1 is 1.27 bits per heavy atom. The van der Waals surface area contributed by atoms with E-state index in [2.05, 4.69) is 37.7 Å². The number of ether oxygens (including phenoxy) is 1. The van der Waals surface area contributed by atoms with Crippen LogP contribution in [-0.4, -0.2) is 63.4 Å². The van der Waals surface area contributed by atoms with Crippen LogP contribution in [0.4, 0.5) is 0 Å². The Morgan fingerprint density at radius 2 is 1.80 bits per heavy atom. The Labute approximate surface area is 94.4 Å². The Hall–Kier alpha value is -0.160. The zero-order valence-corrected chi connectivity index (χ0v) is 10.7. The van der Waals surface area contributed by atoms with Crippen molar-refractivity contribution in [2.45, 2.75) is 13.8 Å². The minimum atomic E-state index is 0.670. The average molecular weight is 217 g/mol. The molecule has 4 heteroatoms. The zero-order chi connectivity index (χ0) is 11.7. The van der Waals surface area contributed by atoms with Gasteiger partial charge in [-0.1, -0.05) is 13.8 Å². The first-order valence-corrected chi connectivity index (χ1v) is 5.71. The van der Waals surface area contributed by atoms with Gasteiger partial charge in [-0.2, -0.15) is 0 Å². The van der Waals surface area contributed by atoms with E-state index in [9.17, 15) is 0 Å². The Balaban J connectivity index is 0.000000265. The highest BCUT2D eigenvalue weighted by Crippen LogP contribution is 1.92. The second-order valence-electron chi connectivity index (χ2n) is 4.57. The predicted molar refractivity (Wildman–Crippen MR) is 64.8 cm³/mol. The molecule has 0 radical (unpaired) electrons. The van der Waals surface area contributed by atoms with Crippen molar-refractivity contribution in [2.24, 2.45) is 11.7 Å². The summed E-state index contributed by atoms with van der Waals surface area (Å²) in [6.45, 7) is 9.99. The molecule has 0 spiro atoms. The average Bonchev–Trinajstić information content (AvgIpc) is 2.18. The fourth-order valence-electron chi connectivity index (χ4n) is 1.51. The summed E-state index contributed by atoms with van der Waals surface area (Å²) in [6, 6.07) is 0. The molecule has 0 saturated carbocycles. The van der Waals surface area contributed by atoms with Gasteiger partial charge in [0.2, 0.25) is 0 Å². The molecule has 2 N–H and O–H groups in total. The monoisotopic (exact) mass is 217 g/mol. The molecule has 0 aliphatic carbocycles. The number of morpholine rings is 1. The molecule has 1 aliphatic rings. The van der Waals surface area contributed by atoms with E-state index in [1.807, 2.05) is 0 Å². The molecule has 1 aliphatic heterocycles. The molecule has 92 valence electrons. The first-order valence-electron chi connectivity index (χ1n) is 5.71. The van der Waals surface area contributed by atoms with Crippen molar-refractivity contribution >= 4 is 0 Å².